The van der Waals surface area contributed by atoms with Gasteiger partial charge in [-0.05, 0) is 41.3 Å². The van der Waals surface area contributed by atoms with E-state index in [0.29, 0.717) is 5.69 Å². The standard InChI is InChI=1S/C26H21NO2/c1-15-11-13-16(14-12-15)27-24(28)22-21-17-7-3-5-9-19(17)26(2,23(22)25(27)29)20-10-6-4-8-18(20)21/h3-14,21-23H,1-2H3/t21?,22-,23+,26?/m1/s1. The summed E-state index contributed by atoms with van der Waals surface area (Å²) in [6, 6.07) is 24.4. The molecule has 7 rings (SSSR count). The molecule has 3 nitrogen and oxygen atoms in total. The van der Waals surface area contributed by atoms with Gasteiger partial charge in [-0.1, -0.05) is 73.2 Å². The van der Waals surface area contributed by atoms with Crippen molar-refractivity contribution in [3.8, 4) is 0 Å². The molecule has 0 unspecified atom stereocenters. The number of carbonyl (C=O) groups excluding carboxylic acids is 2. The quantitative estimate of drug-likeness (QED) is 0.581. The molecule has 2 atom stereocenters. The molecule has 3 aromatic carbocycles. The molecule has 0 N–H and O–H groups in total. The molecule has 0 aromatic heterocycles. The SMILES string of the molecule is Cc1ccc(N2C(=O)[C@@H]3C4c5ccccc5C(C)(c5ccccc54)[C@@H]3C2=O)cc1. The summed E-state index contributed by atoms with van der Waals surface area (Å²) in [5, 5.41) is 0. The number of hydrogen-bond donors (Lipinski definition) is 0. The zero-order valence-corrected chi connectivity index (χ0v) is 16.4. The number of imide groups is 1. The van der Waals surface area contributed by atoms with Crippen molar-refractivity contribution in [2.24, 2.45) is 11.8 Å². The van der Waals surface area contributed by atoms with Crippen molar-refractivity contribution in [2.45, 2.75) is 25.2 Å². The van der Waals surface area contributed by atoms with E-state index < -0.39 is 5.41 Å². The van der Waals surface area contributed by atoms with Crippen LogP contribution in [-0.2, 0) is 15.0 Å². The van der Waals surface area contributed by atoms with Crippen LogP contribution in [0.1, 0.15) is 40.7 Å². The van der Waals surface area contributed by atoms with Gasteiger partial charge in [0, 0.05) is 11.3 Å². The van der Waals surface area contributed by atoms with Crippen LogP contribution in [0.15, 0.2) is 72.8 Å². The molecule has 2 bridgehead atoms. The first-order valence-corrected chi connectivity index (χ1v) is 10.2. The van der Waals surface area contributed by atoms with Crippen LogP contribution in [0.5, 0.6) is 0 Å². The predicted molar refractivity (Wildman–Crippen MR) is 112 cm³/mol. The van der Waals surface area contributed by atoms with E-state index in [1.54, 1.807) is 0 Å². The molecule has 1 saturated heterocycles. The molecule has 1 fully saturated rings. The molecule has 29 heavy (non-hydrogen) atoms. The van der Waals surface area contributed by atoms with Crippen LogP contribution in [-0.4, -0.2) is 11.8 Å². The van der Waals surface area contributed by atoms with Crippen LogP contribution < -0.4 is 4.90 Å². The molecule has 0 radical (unpaired) electrons. The smallest absolute Gasteiger partial charge is 0.238 e. The maximum atomic E-state index is 13.8. The topological polar surface area (TPSA) is 37.4 Å². The Balaban J connectivity index is 1.61. The van der Waals surface area contributed by atoms with Gasteiger partial charge in [-0.25, -0.2) is 4.90 Å². The van der Waals surface area contributed by atoms with Gasteiger partial charge < -0.3 is 0 Å². The molecule has 0 spiro atoms. The minimum absolute atomic E-state index is 0.0657. The van der Waals surface area contributed by atoms with Crippen LogP contribution in [0.2, 0.25) is 0 Å². The monoisotopic (exact) mass is 379 g/mol. The van der Waals surface area contributed by atoms with Gasteiger partial charge in [0.25, 0.3) is 0 Å². The first-order valence-electron chi connectivity index (χ1n) is 10.2. The molecule has 3 aromatic rings. The van der Waals surface area contributed by atoms with E-state index in [1.807, 2.05) is 55.5 Å². The Morgan fingerprint density at radius 2 is 1.31 bits per heavy atom. The van der Waals surface area contributed by atoms with Gasteiger partial charge in [0.15, 0.2) is 0 Å². The summed E-state index contributed by atoms with van der Waals surface area (Å²) < 4.78 is 0. The third-order valence-corrected chi connectivity index (χ3v) is 7.34. The van der Waals surface area contributed by atoms with E-state index >= 15 is 0 Å². The highest BCUT2D eigenvalue weighted by Crippen LogP contribution is 2.64. The largest absolute Gasteiger partial charge is 0.274 e. The van der Waals surface area contributed by atoms with Crippen molar-refractivity contribution in [1.82, 2.24) is 0 Å². The van der Waals surface area contributed by atoms with Gasteiger partial charge in [-0.3, -0.25) is 9.59 Å². The lowest BCUT2D eigenvalue weighted by Crippen LogP contribution is -2.51. The number of aryl methyl sites for hydroxylation is 1. The fourth-order valence-electron chi connectivity index (χ4n) is 6.10. The number of benzene rings is 3. The Kier molecular flexibility index (Phi) is 3.14. The highest BCUT2D eigenvalue weighted by Gasteiger charge is 2.66. The maximum Gasteiger partial charge on any atom is 0.238 e. The second-order valence-corrected chi connectivity index (χ2v) is 8.71. The van der Waals surface area contributed by atoms with E-state index in [4.69, 9.17) is 0 Å². The van der Waals surface area contributed by atoms with Crippen molar-refractivity contribution in [1.29, 1.82) is 0 Å². The van der Waals surface area contributed by atoms with Crippen LogP contribution in [0.25, 0.3) is 0 Å². The van der Waals surface area contributed by atoms with E-state index in [9.17, 15) is 9.59 Å². The van der Waals surface area contributed by atoms with Crippen molar-refractivity contribution in [3.05, 3.63) is 101 Å². The molecule has 3 aliphatic carbocycles. The second kappa shape index (κ2) is 5.44. The maximum absolute atomic E-state index is 13.8. The highest BCUT2D eigenvalue weighted by atomic mass is 16.2. The van der Waals surface area contributed by atoms with Gasteiger partial charge in [0.05, 0.1) is 17.5 Å². The highest BCUT2D eigenvalue weighted by molar-refractivity contribution is 6.23. The van der Waals surface area contributed by atoms with Gasteiger partial charge >= 0.3 is 0 Å². The lowest BCUT2D eigenvalue weighted by atomic mass is 9.48. The summed E-state index contributed by atoms with van der Waals surface area (Å²) in [4.78, 5) is 28.9. The minimum Gasteiger partial charge on any atom is -0.274 e. The van der Waals surface area contributed by atoms with Crippen molar-refractivity contribution >= 4 is 17.5 Å². The Bertz CT molecular complexity index is 1150. The van der Waals surface area contributed by atoms with Crippen molar-refractivity contribution in [3.63, 3.8) is 0 Å². The molecular weight excluding hydrogens is 358 g/mol. The lowest BCUT2D eigenvalue weighted by molar-refractivity contribution is -0.123. The Labute approximate surface area is 170 Å². The lowest BCUT2D eigenvalue weighted by Gasteiger charge is -2.52. The number of carbonyl (C=O) groups is 2. The summed E-state index contributed by atoms with van der Waals surface area (Å²) in [5.74, 6) is -0.921. The minimum atomic E-state index is -0.501. The van der Waals surface area contributed by atoms with Crippen LogP contribution in [0, 0.1) is 18.8 Å². The molecule has 0 saturated carbocycles. The average Bonchev–Trinajstić information content (AvgIpc) is 3.01. The fourth-order valence-corrected chi connectivity index (χ4v) is 6.10. The third-order valence-electron chi connectivity index (χ3n) is 7.34. The third kappa shape index (κ3) is 1.88. The zero-order chi connectivity index (χ0) is 19.9. The van der Waals surface area contributed by atoms with E-state index in [2.05, 4.69) is 31.2 Å². The van der Waals surface area contributed by atoms with Crippen molar-refractivity contribution < 1.29 is 9.59 Å². The van der Waals surface area contributed by atoms with Gasteiger partial charge in [-0.15, -0.1) is 0 Å². The number of hydrogen-bond acceptors (Lipinski definition) is 2. The first-order chi connectivity index (χ1) is 14.0. The fraction of sp³-hybridized carbons (Fsp3) is 0.231. The summed E-state index contributed by atoms with van der Waals surface area (Å²) in [6.07, 6.45) is 0. The number of anilines is 1. The molecular formula is C26H21NO2. The summed E-state index contributed by atoms with van der Waals surface area (Å²) in [6.45, 7) is 4.16. The molecule has 2 amide bonds. The van der Waals surface area contributed by atoms with E-state index in [1.165, 1.54) is 27.2 Å². The van der Waals surface area contributed by atoms with Gasteiger partial charge in [0.2, 0.25) is 11.8 Å². The molecule has 142 valence electrons. The molecule has 3 heteroatoms. The number of nitrogens with zero attached hydrogens (tertiary/aromatic N) is 1. The van der Waals surface area contributed by atoms with E-state index in [0.717, 1.165) is 5.56 Å². The summed E-state index contributed by atoms with van der Waals surface area (Å²) in [5.41, 5.74) is 6.06. The molecule has 1 heterocycles. The van der Waals surface area contributed by atoms with Crippen LogP contribution >= 0.6 is 0 Å². The van der Waals surface area contributed by atoms with Crippen LogP contribution in [0.4, 0.5) is 5.69 Å². The summed E-state index contributed by atoms with van der Waals surface area (Å²) in [7, 11) is 0. The second-order valence-electron chi connectivity index (χ2n) is 8.71. The molecule has 1 aliphatic heterocycles. The van der Waals surface area contributed by atoms with Gasteiger partial charge in [0.1, 0.15) is 0 Å². The number of rotatable bonds is 1. The zero-order valence-electron chi connectivity index (χ0n) is 16.4. The van der Waals surface area contributed by atoms with Crippen LogP contribution in [0.3, 0.4) is 0 Å². The Hall–Kier alpha value is -3.20. The molecule has 4 aliphatic rings. The first kappa shape index (κ1) is 16.7. The van der Waals surface area contributed by atoms with E-state index in [-0.39, 0.29) is 29.6 Å². The Morgan fingerprint density at radius 3 is 1.90 bits per heavy atom. The Morgan fingerprint density at radius 1 is 0.759 bits per heavy atom. The van der Waals surface area contributed by atoms with Gasteiger partial charge in [-0.2, -0.15) is 0 Å². The normalized spacial score (nSPS) is 28.9. The predicted octanol–water partition coefficient (Wildman–Crippen LogP) is 4.57. The van der Waals surface area contributed by atoms with Crippen molar-refractivity contribution in [2.75, 3.05) is 4.90 Å². The summed E-state index contributed by atoms with van der Waals surface area (Å²) >= 11 is 0. The number of amides is 2. The average molecular weight is 379 g/mol.